The third kappa shape index (κ3) is 1.44. The molecule has 0 amide bonds. The van der Waals surface area contributed by atoms with Gasteiger partial charge in [0.2, 0.25) is 5.43 Å². The molecule has 0 spiro atoms. The van der Waals surface area contributed by atoms with E-state index in [0.717, 1.165) is 5.69 Å². The Bertz CT molecular complexity index is 559. The van der Waals surface area contributed by atoms with Gasteiger partial charge in [0.25, 0.3) is 0 Å². The van der Waals surface area contributed by atoms with Crippen LogP contribution in [-0.2, 0) is 5.54 Å². The standard InChI is InChI=1S/C10H14N4O/c1-6-8-7(15)5-11-12-9(8)14(13-6)10(2,3)4/h5H,1-4H3,(H,12,15). The number of rotatable bonds is 0. The maximum Gasteiger partial charge on any atom is 0.211 e. The summed E-state index contributed by atoms with van der Waals surface area (Å²) in [6.07, 6.45) is 1.28. The molecule has 0 aliphatic carbocycles. The molecule has 0 saturated carbocycles. The van der Waals surface area contributed by atoms with E-state index in [1.807, 2.05) is 27.7 Å². The molecule has 5 nitrogen and oxygen atoms in total. The Kier molecular flexibility index (Phi) is 1.92. The molecule has 2 rings (SSSR count). The minimum absolute atomic E-state index is 0.0863. The molecular formula is C10H14N4O. The van der Waals surface area contributed by atoms with Crippen LogP contribution in [0.1, 0.15) is 26.5 Å². The van der Waals surface area contributed by atoms with Crippen LogP contribution in [0.3, 0.4) is 0 Å². The lowest BCUT2D eigenvalue weighted by atomic mass is 10.1. The van der Waals surface area contributed by atoms with Crippen LogP contribution in [0.5, 0.6) is 0 Å². The molecule has 0 saturated heterocycles. The molecule has 80 valence electrons. The topological polar surface area (TPSA) is 63.6 Å². The molecule has 0 bridgehead atoms. The molecule has 0 aliphatic rings. The van der Waals surface area contributed by atoms with Crippen LogP contribution in [-0.4, -0.2) is 20.0 Å². The first-order valence-electron chi connectivity index (χ1n) is 4.85. The van der Waals surface area contributed by atoms with E-state index in [0.29, 0.717) is 11.0 Å². The second-order valence-electron chi connectivity index (χ2n) is 4.63. The van der Waals surface area contributed by atoms with Crippen molar-refractivity contribution >= 4 is 11.0 Å². The fourth-order valence-corrected chi connectivity index (χ4v) is 1.63. The molecule has 0 unspecified atom stereocenters. The Balaban J connectivity index is 2.92. The summed E-state index contributed by atoms with van der Waals surface area (Å²) in [4.78, 5) is 11.6. The van der Waals surface area contributed by atoms with Crippen molar-refractivity contribution in [2.24, 2.45) is 0 Å². The normalized spacial score (nSPS) is 12.3. The lowest BCUT2D eigenvalue weighted by Crippen LogP contribution is -2.23. The zero-order valence-electron chi connectivity index (χ0n) is 9.33. The summed E-state index contributed by atoms with van der Waals surface area (Å²) in [5, 5.41) is 11.6. The van der Waals surface area contributed by atoms with Crippen molar-refractivity contribution in [2.45, 2.75) is 33.2 Å². The van der Waals surface area contributed by atoms with Gasteiger partial charge in [-0.05, 0) is 27.7 Å². The Morgan fingerprint density at radius 1 is 1.40 bits per heavy atom. The van der Waals surface area contributed by atoms with E-state index in [9.17, 15) is 4.79 Å². The predicted octanol–water partition coefficient (Wildman–Crippen LogP) is 1.18. The number of H-pyrrole nitrogens is 1. The second kappa shape index (κ2) is 2.92. The van der Waals surface area contributed by atoms with Gasteiger partial charge < -0.3 is 0 Å². The van der Waals surface area contributed by atoms with E-state index in [1.165, 1.54) is 6.20 Å². The van der Waals surface area contributed by atoms with Gasteiger partial charge in [0, 0.05) is 0 Å². The number of hydrogen-bond acceptors (Lipinski definition) is 3. The fraction of sp³-hybridized carbons (Fsp3) is 0.500. The number of hydrogen-bond donors (Lipinski definition) is 1. The van der Waals surface area contributed by atoms with Crippen molar-refractivity contribution in [3.8, 4) is 0 Å². The number of aryl methyl sites for hydroxylation is 1. The zero-order chi connectivity index (χ0) is 11.2. The van der Waals surface area contributed by atoms with Gasteiger partial charge in [-0.15, -0.1) is 0 Å². The SMILES string of the molecule is Cc1nn(C(C)(C)C)c2[nH]ncc(=O)c12. The molecule has 0 fully saturated rings. The highest BCUT2D eigenvalue weighted by Gasteiger charge is 2.20. The first-order chi connectivity index (χ1) is 6.91. The van der Waals surface area contributed by atoms with E-state index in [1.54, 1.807) is 4.68 Å². The zero-order valence-corrected chi connectivity index (χ0v) is 9.33. The van der Waals surface area contributed by atoms with Gasteiger partial charge in [-0.1, -0.05) is 0 Å². The molecule has 0 aliphatic heterocycles. The summed E-state index contributed by atoms with van der Waals surface area (Å²) >= 11 is 0. The van der Waals surface area contributed by atoms with Gasteiger partial charge in [0.15, 0.2) is 5.65 Å². The summed E-state index contributed by atoms with van der Waals surface area (Å²) in [5.74, 6) is 0. The molecule has 15 heavy (non-hydrogen) atoms. The van der Waals surface area contributed by atoms with Gasteiger partial charge >= 0.3 is 0 Å². The quantitative estimate of drug-likeness (QED) is 0.704. The van der Waals surface area contributed by atoms with Crippen molar-refractivity contribution < 1.29 is 0 Å². The van der Waals surface area contributed by atoms with Crippen LogP contribution in [0, 0.1) is 6.92 Å². The monoisotopic (exact) mass is 206 g/mol. The summed E-state index contributed by atoms with van der Waals surface area (Å²) in [6, 6.07) is 0. The van der Waals surface area contributed by atoms with Crippen molar-refractivity contribution in [3.63, 3.8) is 0 Å². The van der Waals surface area contributed by atoms with E-state index in [4.69, 9.17) is 0 Å². The molecule has 0 aromatic carbocycles. The molecule has 1 N–H and O–H groups in total. The van der Waals surface area contributed by atoms with Crippen LogP contribution >= 0.6 is 0 Å². The average molecular weight is 206 g/mol. The molecule has 2 aromatic heterocycles. The molecule has 2 aromatic rings. The van der Waals surface area contributed by atoms with Crippen LogP contribution < -0.4 is 5.43 Å². The van der Waals surface area contributed by atoms with Gasteiger partial charge in [-0.2, -0.15) is 10.2 Å². The first kappa shape index (κ1) is 9.89. The Morgan fingerprint density at radius 3 is 2.67 bits per heavy atom. The Labute approximate surface area is 87.1 Å². The summed E-state index contributed by atoms with van der Waals surface area (Å²) in [7, 11) is 0. The highest BCUT2D eigenvalue weighted by atomic mass is 16.1. The smallest absolute Gasteiger partial charge is 0.211 e. The van der Waals surface area contributed by atoms with Crippen LogP contribution in [0.15, 0.2) is 11.0 Å². The molecule has 0 atom stereocenters. The highest BCUT2D eigenvalue weighted by molar-refractivity contribution is 5.77. The van der Waals surface area contributed by atoms with Crippen molar-refractivity contribution in [1.29, 1.82) is 0 Å². The van der Waals surface area contributed by atoms with E-state index < -0.39 is 0 Å². The minimum atomic E-state index is -0.168. The summed E-state index contributed by atoms with van der Waals surface area (Å²) in [5.41, 5.74) is 1.17. The minimum Gasteiger partial charge on any atom is -0.287 e. The van der Waals surface area contributed by atoms with Gasteiger partial charge in [-0.25, -0.2) is 4.68 Å². The average Bonchev–Trinajstić information content (AvgIpc) is 2.44. The Morgan fingerprint density at radius 2 is 2.07 bits per heavy atom. The highest BCUT2D eigenvalue weighted by Crippen LogP contribution is 2.19. The number of nitrogens with zero attached hydrogens (tertiary/aromatic N) is 3. The molecule has 2 heterocycles. The third-order valence-electron chi connectivity index (χ3n) is 2.29. The number of aromatic amines is 1. The molecular weight excluding hydrogens is 192 g/mol. The first-order valence-corrected chi connectivity index (χ1v) is 4.85. The van der Waals surface area contributed by atoms with Crippen molar-refractivity contribution in [2.75, 3.05) is 0 Å². The summed E-state index contributed by atoms with van der Waals surface area (Å²) < 4.78 is 1.80. The fourth-order valence-electron chi connectivity index (χ4n) is 1.63. The second-order valence-corrected chi connectivity index (χ2v) is 4.63. The third-order valence-corrected chi connectivity index (χ3v) is 2.29. The lowest BCUT2D eigenvalue weighted by molar-refractivity contribution is 0.363. The lowest BCUT2D eigenvalue weighted by Gasteiger charge is -2.19. The van der Waals surface area contributed by atoms with Gasteiger partial charge in [-0.3, -0.25) is 9.89 Å². The molecule has 5 heteroatoms. The predicted molar refractivity (Wildman–Crippen MR) is 57.9 cm³/mol. The van der Waals surface area contributed by atoms with Gasteiger partial charge in [0.05, 0.1) is 22.8 Å². The van der Waals surface area contributed by atoms with Crippen molar-refractivity contribution in [3.05, 3.63) is 22.1 Å². The summed E-state index contributed by atoms with van der Waals surface area (Å²) in [6.45, 7) is 7.93. The largest absolute Gasteiger partial charge is 0.287 e. The number of aromatic nitrogens is 4. The Hall–Kier alpha value is -1.65. The number of fused-ring (bicyclic) bond motifs is 1. The maximum absolute atomic E-state index is 11.6. The van der Waals surface area contributed by atoms with E-state index in [2.05, 4.69) is 15.3 Å². The maximum atomic E-state index is 11.6. The van der Waals surface area contributed by atoms with E-state index in [-0.39, 0.29) is 11.0 Å². The van der Waals surface area contributed by atoms with Gasteiger partial charge in [0.1, 0.15) is 0 Å². The van der Waals surface area contributed by atoms with E-state index >= 15 is 0 Å². The van der Waals surface area contributed by atoms with Crippen molar-refractivity contribution in [1.82, 2.24) is 20.0 Å². The molecule has 0 radical (unpaired) electrons. The van der Waals surface area contributed by atoms with Crippen LogP contribution in [0.25, 0.3) is 11.0 Å². The van der Waals surface area contributed by atoms with Crippen LogP contribution in [0.4, 0.5) is 0 Å². The number of nitrogens with one attached hydrogen (secondary N) is 1. The van der Waals surface area contributed by atoms with Crippen LogP contribution in [0.2, 0.25) is 0 Å².